The van der Waals surface area contributed by atoms with Crippen molar-refractivity contribution in [2.24, 2.45) is 0 Å². The van der Waals surface area contributed by atoms with Gasteiger partial charge in [-0.2, -0.15) is 0 Å². The normalized spacial score (nSPS) is 10.2. The van der Waals surface area contributed by atoms with E-state index in [0.29, 0.717) is 10.0 Å². The Balaban J connectivity index is 2.39. The lowest BCUT2D eigenvalue weighted by Crippen LogP contribution is -1.87. The first-order valence-electron chi connectivity index (χ1n) is 4.78. The molecule has 0 fully saturated rings. The largest absolute Gasteiger partial charge is 0.269 e. The van der Waals surface area contributed by atoms with Gasteiger partial charge in [0.2, 0.25) is 0 Å². The molecule has 0 heterocycles. The number of benzene rings is 2. The molecule has 0 N–H and O–H groups in total. The number of hydrogen-bond acceptors (Lipinski definition) is 2. The molecular formula is C12H7Cl2NO2. The molecule has 5 heteroatoms. The second-order valence-electron chi connectivity index (χ2n) is 3.43. The zero-order valence-electron chi connectivity index (χ0n) is 8.56. The molecule has 0 aromatic heterocycles. The molecule has 0 saturated heterocycles. The van der Waals surface area contributed by atoms with E-state index in [0.717, 1.165) is 11.1 Å². The molecule has 2 aromatic carbocycles. The first kappa shape index (κ1) is 11.9. The summed E-state index contributed by atoms with van der Waals surface area (Å²) in [7, 11) is 0. The van der Waals surface area contributed by atoms with Crippen molar-refractivity contribution in [2.45, 2.75) is 0 Å². The monoisotopic (exact) mass is 267 g/mol. The van der Waals surface area contributed by atoms with Crippen molar-refractivity contribution in [1.29, 1.82) is 0 Å². The fourth-order valence-corrected chi connectivity index (χ4v) is 1.75. The number of halogens is 2. The van der Waals surface area contributed by atoms with Crippen molar-refractivity contribution < 1.29 is 4.92 Å². The Morgan fingerprint density at radius 1 is 0.882 bits per heavy atom. The molecule has 0 aliphatic heterocycles. The van der Waals surface area contributed by atoms with Gasteiger partial charge in [0, 0.05) is 12.1 Å². The molecule has 2 aromatic rings. The summed E-state index contributed by atoms with van der Waals surface area (Å²) in [5.41, 5.74) is 1.79. The predicted molar refractivity (Wildman–Crippen MR) is 68.6 cm³/mol. The maximum atomic E-state index is 10.5. The molecule has 0 unspecified atom stereocenters. The molecule has 0 amide bonds. The maximum absolute atomic E-state index is 10.5. The maximum Gasteiger partial charge on any atom is 0.269 e. The minimum Gasteiger partial charge on any atom is -0.258 e. The lowest BCUT2D eigenvalue weighted by molar-refractivity contribution is -0.384. The standard InChI is InChI=1S/C12H7Cl2NO2/c13-11-6-3-9(7-12(11)14)8-1-4-10(5-2-8)15(16)17/h1-7H. The SMILES string of the molecule is O=[N+]([O-])c1ccc(-c2ccc(Cl)c(Cl)c2)cc1. The van der Waals surface area contributed by atoms with Gasteiger partial charge in [-0.3, -0.25) is 10.1 Å². The highest BCUT2D eigenvalue weighted by Gasteiger charge is 2.06. The summed E-state index contributed by atoms with van der Waals surface area (Å²) in [6.45, 7) is 0. The molecular weight excluding hydrogens is 261 g/mol. The van der Waals surface area contributed by atoms with Gasteiger partial charge in [-0.15, -0.1) is 0 Å². The van der Waals surface area contributed by atoms with E-state index >= 15 is 0 Å². The van der Waals surface area contributed by atoms with Gasteiger partial charge in [0.15, 0.2) is 0 Å². The number of nitro benzene ring substituents is 1. The molecule has 0 radical (unpaired) electrons. The Labute approximate surface area is 108 Å². The summed E-state index contributed by atoms with van der Waals surface area (Å²) >= 11 is 11.7. The van der Waals surface area contributed by atoms with Gasteiger partial charge in [-0.25, -0.2) is 0 Å². The minimum absolute atomic E-state index is 0.0637. The number of nitrogens with zero attached hydrogens (tertiary/aromatic N) is 1. The first-order chi connectivity index (χ1) is 8.08. The van der Waals surface area contributed by atoms with E-state index < -0.39 is 4.92 Å². The second-order valence-corrected chi connectivity index (χ2v) is 4.25. The summed E-state index contributed by atoms with van der Waals surface area (Å²) in [4.78, 5) is 10.1. The zero-order valence-corrected chi connectivity index (χ0v) is 10.1. The van der Waals surface area contributed by atoms with Crippen LogP contribution in [-0.2, 0) is 0 Å². The van der Waals surface area contributed by atoms with Crippen LogP contribution in [0.2, 0.25) is 10.0 Å². The molecule has 0 saturated carbocycles. The minimum atomic E-state index is -0.432. The Bertz CT molecular complexity index is 567. The first-order valence-corrected chi connectivity index (χ1v) is 5.53. The Morgan fingerprint density at radius 2 is 1.47 bits per heavy atom. The van der Waals surface area contributed by atoms with Gasteiger partial charge in [0.25, 0.3) is 5.69 Å². The predicted octanol–water partition coefficient (Wildman–Crippen LogP) is 4.57. The highest BCUT2D eigenvalue weighted by molar-refractivity contribution is 6.42. The van der Waals surface area contributed by atoms with E-state index in [4.69, 9.17) is 23.2 Å². The third-order valence-corrected chi connectivity index (χ3v) is 3.07. The van der Waals surface area contributed by atoms with Crippen molar-refractivity contribution >= 4 is 28.9 Å². The molecule has 17 heavy (non-hydrogen) atoms. The van der Waals surface area contributed by atoms with Gasteiger partial charge < -0.3 is 0 Å². The van der Waals surface area contributed by atoms with Crippen LogP contribution in [0.4, 0.5) is 5.69 Å². The lowest BCUT2D eigenvalue weighted by atomic mass is 10.1. The van der Waals surface area contributed by atoms with E-state index in [9.17, 15) is 10.1 Å². The smallest absolute Gasteiger partial charge is 0.258 e. The molecule has 0 aliphatic rings. The van der Waals surface area contributed by atoms with Gasteiger partial charge in [-0.1, -0.05) is 29.3 Å². The van der Waals surface area contributed by atoms with E-state index in [2.05, 4.69) is 0 Å². The van der Waals surface area contributed by atoms with Gasteiger partial charge >= 0.3 is 0 Å². The Morgan fingerprint density at radius 3 is 2.00 bits per heavy atom. The summed E-state index contributed by atoms with van der Waals surface area (Å²) in [5, 5.41) is 11.5. The molecule has 86 valence electrons. The van der Waals surface area contributed by atoms with Crippen molar-refractivity contribution in [3.05, 3.63) is 62.6 Å². The molecule has 2 rings (SSSR count). The van der Waals surface area contributed by atoms with Crippen LogP contribution in [0.5, 0.6) is 0 Å². The van der Waals surface area contributed by atoms with Gasteiger partial charge in [-0.05, 0) is 35.4 Å². The third kappa shape index (κ3) is 2.57. The quantitative estimate of drug-likeness (QED) is 0.591. The highest BCUT2D eigenvalue weighted by atomic mass is 35.5. The Hall–Kier alpha value is -1.58. The van der Waals surface area contributed by atoms with Crippen LogP contribution in [0.1, 0.15) is 0 Å². The third-order valence-electron chi connectivity index (χ3n) is 2.33. The molecule has 0 atom stereocenters. The summed E-state index contributed by atoms with van der Waals surface area (Å²) in [5.74, 6) is 0. The molecule has 0 spiro atoms. The van der Waals surface area contributed by atoms with Crippen LogP contribution in [0.25, 0.3) is 11.1 Å². The number of rotatable bonds is 2. The van der Waals surface area contributed by atoms with Crippen molar-refractivity contribution in [1.82, 2.24) is 0 Å². The van der Waals surface area contributed by atoms with Crippen molar-refractivity contribution in [3.8, 4) is 11.1 Å². The van der Waals surface area contributed by atoms with E-state index in [1.54, 1.807) is 24.3 Å². The van der Waals surface area contributed by atoms with E-state index in [1.165, 1.54) is 12.1 Å². The number of nitro groups is 1. The van der Waals surface area contributed by atoms with Crippen LogP contribution >= 0.6 is 23.2 Å². The lowest BCUT2D eigenvalue weighted by Gasteiger charge is -2.03. The van der Waals surface area contributed by atoms with Crippen LogP contribution < -0.4 is 0 Å². The van der Waals surface area contributed by atoms with Crippen LogP contribution in [-0.4, -0.2) is 4.92 Å². The molecule has 0 bridgehead atoms. The van der Waals surface area contributed by atoms with Crippen LogP contribution in [0.3, 0.4) is 0 Å². The topological polar surface area (TPSA) is 43.1 Å². The summed E-state index contributed by atoms with van der Waals surface area (Å²) in [6, 6.07) is 11.5. The molecule has 3 nitrogen and oxygen atoms in total. The molecule has 0 aliphatic carbocycles. The fourth-order valence-electron chi connectivity index (χ4n) is 1.45. The summed E-state index contributed by atoms with van der Waals surface area (Å²) < 4.78 is 0. The number of non-ortho nitro benzene ring substituents is 1. The summed E-state index contributed by atoms with van der Waals surface area (Å²) in [6.07, 6.45) is 0. The average Bonchev–Trinajstić information content (AvgIpc) is 2.33. The van der Waals surface area contributed by atoms with Gasteiger partial charge in [0.1, 0.15) is 0 Å². The second kappa shape index (κ2) is 4.73. The number of hydrogen-bond donors (Lipinski definition) is 0. The Kier molecular flexibility index (Phi) is 3.31. The van der Waals surface area contributed by atoms with E-state index in [-0.39, 0.29) is 5.69 Å². The highest BCUT2D eigenvalue weighted by Crippen LogP contribution is 2.29. The van der Waals surface area contributed by atoms with Crippen LogP contribution in [0, 0.1) is 10.1 Å². The zero-order chi connectivity index (χ0) is 12.4. The van der Waals surface area contributed by atoms with Crippen molar-refractivity contribution in [3.63, 3.8) is 0 Å². The van der Waals surface area contributed by atoms with Crippen LogP contribution in [0.15, 0.2) is 42.5 Å². The van der Waals surface area contributed by atoms with Crippen molar-refractivity contribution in [2.75, 3.05) is 0 Å². The fraction of sp³-hybridized carbons (Fsp3) is 0. The average molecular weight is 268 g/mol. The van der Waals surface area contributed by atoms with Gasteiger partial charge in [0.05, 0.1) is 15.0 Å². The van der Waals surface area contributed by atoms with E-state index in [1.807, 2.05) is 6.07 Å².